The molecule has 2 atom stereocenters. The molecular formula is C23H25F3O3. The molecule has 0 aliphatic carbocycles. The van der Waals surface area contributed by atoms with Crippen molar-refractivity contribution in [2.45, 2.75) is 51.6 Å². The molecule has 3 nitrogen and oxygen atoms in total. The second kappa shape index (κ2) is 9.25. The van der Waals surface area contributed by atoms with Crippen molar-refractivity contribution in [2.75, 3.05) is 0 Å². The van der Waals surface area contributed by atoms with Gasteiger partial charge in [-0.2, -0.15) is 13.2 Å². The van der Waals surface area contributed by atoms with E-state index in [0.29, 0.717) is 35.1 Å². The van der Waals surface area contributed by atoms with Crippen LogP contribution < -0.4 is 0 Å². The van der Waals surface area contributed by atoms with Crippen molar-refractivity contribution in [3.05, 3.63) is 59.2 Å². The van der Waals surface area contributed by atoms with E-state index in [4.69, 9.17) is 0 Å². The minimum Gasteiger partial charge on any atom is -0.481 e. The third-order valence-corrected chi connectivity index (χ3v) is 5.00. The molecule has 1 N–H and O–H groups in total. The van der Waals surface area contributed by atoms with Crippen LogP contribution in [-0.4, -0.2) is 17.4 Å². The van der Waals surface area contributed by atoms with E-state index in [2.05, 4.69) is 0 Å². The molecule has 6 heteroatoms. The molecule has 2 aromatic carbocycles. The zero-order chi connectivity index (χ0) is 21.8. The largest absolute Gasteiger partial charge is 0.481 e. The fraction of sp³-hybridized carbons (Fsp3) is 0.391. The topological polar surface area (TPSA) is 54.4 Å². The molecule has 156 valence electrons. The van der Waals surface area contributed by atoms with Gasteiger partial charge in [0.05, 0.1) is 11.5 Å². The van der Waals surface area contributed by atoms with Crippen molar-refractivity contribution in [1.82, 2.24) is 0 Å². The smallest absolute Gasteiger partial charge is 0.416 e. The molecule has 0 amide bonds. The van der Waals surface area contributed by atoms with Gasteiger partial charge < -0.3 is 9.90 Å². The summed E-state index contributed by atoms with van der Waals surface area (Å²) < 4.78 is 38.6. The monoisotopic (exact) mass is 406 g/mol. The summed E-state index contributed by atoms with van der Waals surface area (Å²) in [6.45, 7) is 5.72. The lowest BCUT2D eigenvalue weighted by Gasteiger charge is -2.21. The zero-order valence-electron chi connectivity index (χ0n) is 16.7. The normalized spacial score (nSPS) is 13.9. The van der Waals surface area contributed by atoms with E-state index in [9.17, 15) is 27.9 Å². The van der Waals surface area contributed by atoms with Gasteiger partial charge in [0, 0.05) is 5.92 Å². The van der Waals surface area contributed by atoms with E-state index in [0.717, 1.165) is 18.4 Å². The third kappa shape index (κ3) is 5.46. The van der Waals surface area contributed by atoms with Crippen LogP contribution >= 0.6 is 0 Å². The SMILES string of the molecule is CCC(C(=O)O)c1ccc(-c2ccc(C(F)(F)F)cc2)c(C(C=O)CC(C)C)c1. The first-order chi connectivity index (χ1) is 13.6. The summed E-state index contributed by atoms with van der Waals surface area (Å²) in [5.74, 6) is -1.91. The van der Waals surface area contributed by atoms with Gasteiger partial charge in [-0.05, 0) is 53.1 Å². The molecule has 0 spiro atoms. The fourth-order valence-corrected chi connectivity index (χ4v) is 3.52. The second-order valence-electron chi connectivity index (χ2n) is 7.59. The molecular weight excluding hydrogens is 381 g/mol. The first-order valence-corrected chi connectivity index (χ1v) is 9.58. The highest BCUT2D eigenvalue weighted by atomic mass is 19.4. The maximum absolute atomic E-state index is 12.9. The average Bonchev–Trinajstić information content (AvgIpc) is 2.65. The van der Waals surface area contributed by atoms with Gasteiger partial charge >= 0.3 is 12.1 Å². The van der Waals surface area contributed by atoms with Crippen molar-refractivity contribution in [3.8, 4) is 11.1 Å². The Morgan fingerprint density at radius 3 is 2.17 bits per heavy atom. The molecule has 2 rings (SSSR count). The molecule has 2 aromatic rings. The summed E-state index contributed by atoms with van der Waals surface area (Å²) in [4.78, 5) is 23.4. The van der Waals surface area contributed by atoms with Crippen molar-refractivity contribution >= 4 is 12.3 Å². The van der Waals surface area contributed by atoms with Crippen molar-refractivity contribution in [3.63, 3.8) is 0 Å². The predicted octanol–water partition coefficient (Wildman–Crippen LogP) is 6.28. The van der Waals surface area contributed by atoms with Crippen molar-refractivity contribution in [1.29, 1.82) is 0 Å². The number of halogens is 3. The maximum atomic E-state index is 12.9. The van der Waals surface area contributed by atoms with Crippen LogP contribution in [0.2, 0.25) is 0 Å². The lowest BCUT2D eigenvalue weighted by molar-refractivity contribution is -0.139. The summed E-state index contributed by atoms with van der Waals surface area (Å²) in [7, 11) is 0. The molecule has 0 fully saturated rings. The van der Waals surface area contributed by atoms with Gasteiger partial charge in [0.15, 0.2) is 0 Å². The first-order valence-electron chi connectivity index (χ1n) is 9.58. The summed E-state index contributed by atoms with van der Waals surface area (Å²) in [6.07, 6.45) is -2.65. The van der Waals surface area contributed by atoms with Crippen LogP contribution in [0.5, 0.6) is 0 Å². The predicted molar refractivity (Wildman–Crippen MR) is 106 cm³/mol. The van der Waals surface area contributed by atoms with Gasteiger partial charge in [-0.1, -0.05) is 51.1 Å². The molecule has 0 saturated heterocycles. The molecule has 2 unspecified atom stereocenters. The number of hydrogen-bond donors (Lipinski definition) is 1. The summed E-state index contributed by atoms with van der Waals surface area (Å²) in [5.41, 5.74) is 1.68. The lowest BCUT2D eigenvalue weighted by atomic mass is 9.83. The maximum Gasteiger partial charge on any atom is 0.416 e. The van der Waals surface area contributed by atoms with E-state index in [1.807, 2.05) is 13.8 Å². The number of carbonyl (C=O) groups is 2. The van der Waals surface area contributed by atoms with E-state index < -0.39 is 29.5 Å². The Morgan fingerprint density at radius 1 is 1.10 bits per heavy atom. The number of carboxylic acid groups (broad SMARTS) is 1. The molecule has 0 radical (unpaired) electrons. The first kappa shape index (κ1) is 22.7. The molecule has 0 aliphatic heterocycles. The number of benzene rings is 2. The Morgan fingerprint density at radius 2 is 1.72 bits per heavy atom. The van der Waals surface area contributed by atoms with Crippen LogP contribution in [0.15, 0.2) is 42.5 Å². The van der Waals surface area contributed by atoms with Crippen LogP contribution in [0.4, 0.5) is 13.2 Å². The highest BCUT2D eigenvalue weighted by Crippen LogP contribution is 2.37. The van der Waals surface area contributed by atoms with E-state index >= 15 is 0 Å². The van der Waals surface area contributed by atoms with Gasteiger partial charge in [0.1, 0.15) is 6.29 Å². The Bertz CT molecular complexity index is 855. The quantitative estimate of drug-likeness (QED) is 0.525. The summed E-state index contributed by atoms with van der Waals surface area (Å²) in [6, 6.07) is 9.89. The van der Waals surface area contributed by atoms with Crippen LogP contribution in [-0.2, 0) is 15.8 Å². The molecule has 29 heavy (non-hydrogen) atoms. The van der Waals surface area contributed by atoms with Gasteiger partial charge in [-0.15, -0.1) is 0 Å². The number of aliphatic carboxylic acids is 1. The van der Waals surface area contributed by atoms with Crippen LogP contribution in [0.25, 0.3) is 11.1 Å². The van der Waals surface area contributed by atoms with E-state index in [1.54, 1.807) is 25.1 Å². The molecule has 0 aliphatic rings. The minimum atomic E-state index is -4.43. The van der Waals surface area contributed by atoms with Crippen LogP contribution in [0.1, 0.15) is 62.1 Å². The standard InChI is InChI=1S/C23H25F3O3/c1-4-19(22(28)29)16-7-10-20(21(12-16)17(13-27)11-14(2)3)15-5-8-18(9-6-15)23(24,25)26/h5-10,12-14,17,19H,4,11H2,1-3H3,(H,28,29). The number of carboxylic acids is 1. The van der Waals surface area contributed by atoms with Crippen LogP contribution in [0.3, 0.4) is 0 Å². The molecule has 0 saturated carbocycles. The number of carbonyl (C=O) groups excluding carboxylic acids is 1. The van der Waals surface area contributed by atoms with Gasteiger partial charge in [-0.3, -0.25) is 4.79 Å². The third-order valence-electron chi connectivity index (χ3n) is 5.00. The summed E-state index contributed by atoms with van der Waals surface area (Å²) in [5, 5.41) is 9.48. The number of hydrogen-bond acceptors (Lipinski definition) is 2. The van der Waals surface area contributed by atoms with E-state index in [1.165, 1.54) is 12.1 Å². The highest BCUT2D eigenvalue weighted by Gasteiger charge is 2.30. The number of rotatable bonds is 8. The van der Waals surface area contributed by atoms with Gasteiger partial charge in [0.2, 0.25) is 0 Å². The lowest BCUT2D eigenvalue weighted by Crippen LogP contribution is -2.13. The van der Waals surface area contributed by atoms with Crippen molar-refractivity contribution in [2.24, 2.45) is 5.92 Å². The second-order valence-corrected chi connectivity index (χ2v) is 7.59. The fourth-order valence-electron chi connectivity index (χ4n) is 3.52. The molecule has 0 aromatic heterocycles. The van der Waals surface area contributed by atoms with Crippen molar-refractivity contribution < 1.29 is 27.9 Å². The Hall–Kier alpha value is -2.63. The minimum absolute atomic E-state index is 0.218. The zero-order valence-corrected chi connectivity index (χ0v) is 16.7. The number of alkyl halides is 3. The Labute approximate surface area is 168 Å². The average molecular weight is 406 g/mol. The Balaban J connectivity index is 2.61. The highest BCUT2D eigenvalue weighted by molar-refractivity contribution is 5.79. The van der Waals surface area contributed by atoms with Gasteiger partial charge in [-0.25, -0.2) is 0 Å². The number of aldehydes is 1. The molecule has 0 heterocycles. The summed E-state index contributed by atoms with van der Waals surface area (Å²) >= 11 is 0. The Kier molecular flexibility index (Phi) is 7.22. The van der Waals surface area contributed by atoms with Crippen LogP contribution in [0, 0.1) is 5.92 Å². The van der Waals surface area contributed by atoms with E-state index in [-0.39, 0.29) is 5.92 Å². The molecule has 0 bridgehead atoms. The van der Waals surface area contributed by atoms with Gasteiger partial charge in [0.25, 0.3) is 0 Å².